The van der Waals surface area contributed by atoms with Crippen LogP contribution >= 0.6 is 0 Å². The number of benzene rings is 1. The normalized spacial score (nSPS) is 12.4. The zero-order chi connectivity index (χ0) is 16.8. The zero-order valence-corrected chi connectivity index (χ0v) is 12.9. The quantitative estimate of drug-likeness (QED) is 0.873. The number of hydrogen-bond acceptors (Lipinski definition) is 4. The third-order valence-electron chi connectivity index (χ3n) is 2.54. The molecule has 0 radical (unpaired) electrons. The standard InChI is InChI=1S/C15H21FN2O4/c1-15(2,3)22-14(20)18-12(9-21-13(17)19)8-10-4-6-11(16)7-5-10/h4-7,12H,8-9H2,1-3H3,(H2,17,19)(H,18,20)/t12-/m0/s1. The molecule has 1 aromatic rings. The van der Waals surface area contributed by atoms with Gasteiger partial charge >= 0.3 is 12.2 Å². The van der Waals surface area contributed by atoms with Crippen LogP contribution in [0.5, 0.6) is 0 Å². The van der Waals surface area contributed by atoms with Gasteiger partial charge in [0, 0.05) is 0 Å². The summed E-state index contributed by atoms with van der Waals surface area (Å²) in [6, 6.07) is 5.27. The van der Waals surface area contributed by atoms with E-state index in [2.05, 4.69) is 5.32 Å². The summed E-state index contributed by atoms with van der Waals surface area (Å²) in [5.74, 6) is -0.353. The molecule has 7 heteroatoms. The lowest BCUT2D eigenvalue weighted by atomic mass is 10.1. The van der Waals surface area contributed by atoms with E-state index < -0.39 is 23.8 Å². The van der Waals surface area contributed by atoms with Gasteiger partial charge in [0.15, 0.2) is 0 Å². The van der Waals surface area contributed by atoms with E-state index in [1.165, 1.54) is 12.1 Å². The van der Waals surface area contributed by atoms with Crippen molar-refractivity contribution >= 4 is 12.2 Å². The van der Waals surface area contributed by atoms with Crippen LogP contribution in [0.15, 0.2) is 24.3 Å². The minimum absolute atomic E-state index is 0.105. The van der Waals surface area contributed by atoms with Crippen LogP contribution in [0.3, 0.4) is 0 Å². The van der Waals surface area contributed by atoms with Crippen molar-refractivity contribution in [3.8, 4) is 0 Å². The van der Waals surface area contributed by atoms with Crippen molar-refractivity contribution < 1.29 is 23.5 Å². The molecule has 0 aromatic heterocycles. The fourth-order valence-corrected chi connectivity index (χ4v) is 1.71. The Morgan fingerprint density at radius 3 is 2.36 bits per heavy atom. The number of amides is 2. The molecule has 0 saturated heterocycles. The van der Waals surface area contributed by atoms with Crippen molar-refractivity contribution in [2.45, 2.75) is 38.8 Å². The van der Waals surface area contributed by atoms with Crippen molar-refractivity contribution in [1.29, 1.82) is 0 Å². The van der Waals surface area contributed by atoms with Gasteiger partial charge in [-0.3, -0.25) is 0 Å². The Bertz CT molecular complexity index is 511. The van der Waals surface area contributed by atoms with Gasteiger partial charge in [-0.1, -0.05) is 12.1 Å². The Balaban J connectivity index is 2.68. The van der Waals surface area contributed by atoms with Crippen LogP contribution < -0.4 is 11.1 Å². The Kier molecular flexibility index (Phi) is 6.15. The van der Waals surface area contributed by atoms with Gasteiger partial charge in [-0.15, -0.1) is 0 Å². The summed E-state index contributed by atoms with van der Waals surface area (Å²) < 4.78 is 22.8. The number of ether oxygens (including phenoxy) is 2. The molecular formula is C15H21FN2O4. The maximum atomic E-state index is 12.9. The lowest BCUT2D eigenvalue weighted by Gasteiger charge is -2.23. The molecule has 122 valence electrons. The Morgan fingerprint density at radius 1 is 1.27 bits per heavy atom. The molecule has 0 aliphatic carbocycles. The van der Waals surface area contributed by atoms with Crippen LogP contribution in [0, 0.1) is 5.82 Å². The molecule has 2 amide bonds. The average molecular weight is 312 g/mol. The van der Waals surface area contributed by atoms with E-state index >= 15 is 0 Å². The second-order valence-electron chi connectivity index (χ2n) is 5.80. The highest BCUT2D eigenvalue weighted by atomic mass is 19.1. The van der Waals surface area contributed by atoms with E-state index in [1.54, 1.807) is 32.9 Å². The van der Waals surface area contributed by atoms with Gasteiger partial charge < -0.3 is 20.5 Å². The van der Waals surface area contributed by atoms with Crippen LogP contribution in [-0.2, 0) is 15.9 Å². The summed E-state index contributed by atoms with van der Waals surface area (Å²) in [4.78, 5) is 22.5. The number of carbonyl (C=O) groups excluding carboxylic acids is 2. The minimum atomic E-state index is -0.935. The fraction of sp³-hybridized carbons (Fsp3) is 0.467. The highest BCUT2D eigenvalue weighted by molar-refractivity contribution is 5.68. The van der Waals surface area contributed by atoms with Gasteiger partial charge in [0.25, 0.3) is 0 Å². The summed E-state index contributed by atoms with van der Waals surface area (Å²) in [5, 5.41) is 2.60. The number of primary amides is 1. The Labute approximate surface area is 128 Å². The first-order chi connectivity index (χ1) is 10.2. The van der Waals surface area contributed by atoms with Gasteiger partial charge in [-0.25, -0.2) is 14.0 Å². The number of hydrogen-bond donors (Lipinski definition) is 2. The van der Waals surface area contributed by atoms with E-state index in [0.717, 1.165) is 5.56 Å². The van der Waals surface area contributed by atoms with Crippen molar-refractivity contribution in [2.24, 2.45) is 5.73 Å². The van der Waals surface area contributed by atoms with Crippen molar-refractivity contribution in [2.75, 3.05) is 6.61 Å². The van der Waals surface area contributed by atoms with Crippen LogP contribution in [0.2, 0.25) is 0 Å². The molecule has 0 heterocycles. The molecule has 0 fully saturated rings. The van der Waals surface area contributed by atoms with E-state index in [4.69, 9.17) is 15.2 Å². The predicted molar refractivity (Wildman–Crippen MR) is 78.8 cm³/mol. The van der Waals surface area contributed by atoms with Gasteiger partial charge in [-0.05, 0) is 44.9 Å². The molecule has 3 N–H and O–H groups in total. The minimum Gasteiger partial charge on any atom is -0.448 e. The summed E-state index contributed by atoms with van der Waals surface area (Å²) in [6.07, 6.45) is -1.23. The van der Waals surface area contributed by atoms with Gasteiger partial charge in [-0.2, -0.15) is 0 Å². The molecule has 0 saturated carbocycles. The molecule has 0 bridgehead atoms. The predicted octanol–water partition coefficient (Wildman–Crippen LogP) is 2.36. The average Bonchev–Trinajstić information content (AvgIpc) is 2.36. The number of carbonyl (C=O) groups is 2. The molecule has 1 atom stereocenters. The summed E-state index contributed by atoms with van der Waals surface area (Å²) in [7, 11) is 0. The second-order valence-corrected chi connectivity index (χ2v) is 5.80. The molecule has 0 aliphatic heterocycles. The molecular weight excluding hydrogens is 291 g/mol. The largest absolute Gasteiger partial charge is 0.448 e. The van der Waals surface area contributed by atoms with Crippen molar-refractivity contribution in [1.82, 2.24) is 5.32 Å². The molecule has 0 unspecified atom stereocenters. The second kappa shape index (κ2) is 7.63. The van der Waals surface area contributed by atoms with Crippen LogP contribution in [-0.4, -0.2) is 30.4 Å². The maximum Gasteiger partial charge on any atom is 0.408 e. The van der Waals surface area contributed by atoms with E-state index in [9.17, 15) is 14.0 Å². The first-order valence-corrected chi connectivity index (χ1v) is 6.82. The summed E-state index contributed by atoms with van der Waals surface area (Å²) in [6.45, 7) is 5.11. The lowest BCUT2D eigenvalue weighted by molar-refractivity contribution is 0.0474. The lowest BCUT2D eigenvalue weighted by Crippen LogP contribution is -2.43. The SMILES string of the molecule is CC(C)(C)OC(=O)N[C@H](COC(N)=O)Cc1ccc(F)cc1. The van der Waals surface area contributed by atoms with Gasteiger partial charge in [0.1, 0.15) is 18.0 Å². The fourth-order valence-electron chi connectivity index (χ4n) is 1.71. The molecule has 0 spiro atoms. The Hall–Kier alpha value is -2.31. The molecule has 22 heavy (non-hydrogen) atoms. The molecule has 6 nitrogen and oxygen atoms in total. The van der Waals surface area contributed by atoms with E-state index in [0.29, 0.717) is 6.42 Å². The molecule has 0 aliphatic rings. The monoisotopic (exact) mass is 312 g/mol. The Morgan fingerprint density at radius 2 is 1.86 bits per heavy atom. The number of rotatable bonds is 5. The topological polar surface area (TPSA) is 90.7 Å². The number of alkyl carbamates (subject to hydrolysis) is 1. The number of nitrogens with one attached hydrogen (secondary N) is 1. The van der Waals surface area contributed by atoms with Crippen molar-refractivity contribution in [3.05, 3.63) is 35.6 Å². The number of halogens is 1. The highest BCUT2D eigenvalue weighted by Gasteiger charge is 2.20. The van der Waals surface area contributed by atoms with E-state index in [-0.39, 0.29) is 12.4 Å². The first-order valence-electron chi connectivity index (χ1n) is 6.82. The third-order valence-corrected chi connectivity index (χ3v) is 2.54. The van der Waals surface area contributed by atoms with Crippen LogP contribution in [0.4, 0.5) is 14.0 Å². The number of nitrogens with two attached hydrogens (primary N) is 1. The molecule has 1 rings (SSSR count). The molecule has 1 aromatic carbocycles. The summed E-state index contributed by atoms with van der Waals surface area (Å²) >= 11 is 0. The van der Waals surface area contributed by atoms with Gasteiger partial charge in [0.2, 0.25) is 0 Å². The third kappa shape index (κ3) is 7.47. The van der Waals surface area contributed by atoms with Gasteiger partial charge in [0.05, 0.1) is 6.04 Å². The first kappa shape index (κ1) is 17.7. The smallest absolute Gasteiger partial charge is 0.408 e. The highest BCUT2D eigenvalue weighted by Crippen LogP contribution is 2.09. The van der Waals surface area contributed by atoms with Crippen LogP contribution in [0.25, 0.3) is 0 Å². The summed E-state index contributed by atoms with van der Waals surface area (Å²) in [5.41, 5.74) is 5.06. The van der Waals surface area contributed by atoms with E-state index in [1.807, 2.05) is 0 Å². The van der Waals surface area contributed by atoms with Crippen LogP contribution in [0.1, 0.15) is 26.3 Å². The van der Waals surface area contributed by atoms with Crippen molar-refractivity contribution in [3.63, 3.8) is 0 Å². The zero-order valence-electron chi connectivity index (χ0n) is 12.9. The maximum absolute atomic E-state index is 12.9.